The van der Waals surface area contributed by atoms with Crippen LogP contribution in [0.2, 0.25) is 10.0 Å². The van der Waals surface area contributed by atoms with Crippen molar-refractivity contribution in [3.05, 3.63) is 74.6 Å². The van der Waals surface area contributed by atoms with E-state index in [4.69, 9.17) is 27.9 Å². The van der Waals surface area contributed by atoms with Crippen molar-refractivity contribution in [2.75, 3.05) is 12.4 Å². The zero-order valence-corrected chi connectivity index (χ0v) is 17.5. The van der Waals surface area contributed by atoms with E-state index in [2.05, 4.69) is 12.2 Å². The Morgan fingerprint density at radius 1 is 1.11 bits per heavy atom. The number of carbonyl (C=O) groups excluding carboxylic acids is 2. The number of amides is 1. The number of rotatable bonds is 5. The maximum atomic E-state index is 12.7. The molecular formula is C21H17Cl2NO3S. The molecule has 1 N–H and O–H groups in total. The molecular weight excluding hydrogens is 417 g/mol. The van der Waals surface area contributed by atoms with Crippen LogP contribution in [0.1, 0.15) is 33.2 Å². The van der Waals surface area contributed by atoms with Gasteiger partial charge in [-0.3, -0.25) is 4.79 Å². The second-order valence-corrected chi connectivity index (χ2v) is 7.70. The van der Waals surface area contributed by atoms with Gasteiger partial charge >= 0.3 is 5.97 Å². The van der Waals surface area contributed by atoms with E-state index in [0.717, 1.165) is 12.0 Å². The fourth-order valence-electron chi connectivity index (χ4n) is 2.73. The van der Waals surface area contributed by atoms with Gasteiger partial charge in [-0.1, -0.05) is 54.4 Å². The molecule has 4 nitrogen and oxygen atoms in total. The molecule has 0 spiro atoms. The van der Waals surface area contributed by atoms with E-state index in [0.29, 0.717) is 21.2 Å². The maximum Gasteiger partial charge on any atom is 0.341 e. The van der Waals surface area contributed by atoms with Crippen molar-refractivity contribution in [1.29, 1.82) is 0 Å². The standard InChI is InChI=1S/C21H17Cl2NO3S/c1-3-12-4-6-13(7-5-12)16-11-28-20(18(16)21(26)27-2)24-19(25)15-9-8-14(22)10-17(15)23/h4-11H,3H2,1-2H3,(H,24,25). The topological polar surface area (TPSA) is 55.4 Å². The van der Waals surface area contributed by atoms with Crippen LogP contribution in [0.3, 0.4) is 0 Å². The molecule has 0 aliphatic rings. The number of carbonyl (C=O) groups is 2. The molecule has 0 saturated heterocycles. The predicted molar refractivity (Wildman–Crippen MR) is 115 cm³/mol. The lowest BCUT2D eigenvalue weighted by Crippen LogP contribution is -2.14. The lowest BCUT2D eigenvalue weighted by Gasteiger charge is -2.09. The number of benzene rings is 2. The number of thiophene rings is 1. The normalized spacial score (nSPS) is 10.6. The van der Waals surface area contributed by atoms with Crippen LogP contribution in [0.5, 0.6) is 0 Å². The number of esters is 1. The van der Waals surface area contributed by atoms with Gasteiger partial charge in [0.15, 0.2) is 0 Å². The van der Waals surface area contributed by atoms with Crippen LogP contribution < -0.4 is 5.32 Å². The molecule has 0 bridgehead atoms. The third-order valence-electron chi connectivity index (χ3n) is 4.26. The van der Waals surface area contributed by atoms with Crippen LogP contribution in [-0.4, -0.2) is 19.0 Å². The van der Waals surface area contributed by atoms with Crippen molar-refractivity contribution >= 4 is 51.4 Å². The molecule has 1 aromatic heterocycles. The molecule has 0 fully saturated rings. The summed E-state index contributed by atoms with van der Waals surface area (Å²) in [5.41, 5.74) is 3.36. The molecule has 1 heterocycles. The number of aryl methyl sites for hydroxylation is 1. The maximum absolute atomic E-state index is 12.7. The monoisotopic (exact) mass is 433 g/mol. The van der Waals surface area contributed by atoms with E-state index in [9.17, 15) is 9.59 Å². The number of hydrogen-bond donors (Lipinski definition) is 1. The summed E-state index contributed by atoms with van der Waals surface area (Å²) in [6.07, 6.45) is 0.928. The zero-order chi connectivity index (χ0) is 20.3. The summed E-state index contributed by atoms with van der Waals surface area (Å²) in [4.78, 5) is 25.1. The zero-order valence-electron chi connectivity index (χ0n) is 15.2. The molecule has 2 aromatic carbocycles. The van der Waals surface area contributed by atoms with Crippen molar-refractivity contribution in [2.45, 2.75) is 13.3 Å². The molecule has 0 unspecified atom stereocenters. The number of halogens is 2. The van der Waals surface area contributed by atoms with Crippen molar-refractivity contribution in [2.24, 2.45) is 0 Å². The van der Waals surface area contributed by atoms with Gasteiger partial charge in [-0.15, -0.1) is 11.3 Å². The number of methoxy groups -OCH3 is 1. The fraction of sp³-hybridized carbons (Fsp3) is 0.143. The quantitative estimate of drug-likeness (QED) is 0.478. The van der Waals surface area contributed by atoms with Gasteiger partial charge in [-0.05, 0) is 35.7 Å². The average molecular weight is 434 g/mol. The van der Waals surface area contributed by atoms with Gasteiger partial charge in [0, 0.05) is 16.0 Å². The molecule has 0 saturated carbocycles. The van der Waals surface area contributed by atoms with E-state index >= 15 is 0 Å². The van der Waals surface area contributed by atoms with E-state index in [1.54, 1.807) is 6.07 Å². The van der Waals surface area contributed by atoms with Gasteiger partial charge in [-0.25, -0.2) is 4.79 Å². The third kappa shape index (κ3) is 4.22. The number of ether oxygens (including phenoxy) is 1. The largest absolute Gasteiger partial charge is 0.465 e. The first-order valence-corrected chi connectivity index (χ1v) is 10.1. The van der Waals surface area contributed by atoms with E-state index in [-0.39, 0.29) is 10.6 Å². The number of anilines is 1. The van der Waals surface area contributed by atoms with Gasteiger partial charge in [0.2, 0.25) is 0 Å². The van der Waals surface area contributed by atoms with Gasteiger partial charge in [0.05, 0.1) is 17.7 Å². The molecule has 0 aliphatic carbocycles. The lowest BCUT2D eigenvalue weighted by molar-refractivity contribution is 0.0603. The summed E-state index contributed by atoms with van der Waals surface area (Å²) in [5, 5.41) is 5.66. The van der Waals surface area contributed by atoms with Gasteiger partial charge in [-0.2, -0.15) is 0 Å². The first-order chi connectivity index (χ1) is 13.4. The molecule has 0 radical (unpaired) electrons. The Morgan fingerprint density at radius 2 is 1.82 bits per heavy atom. The minimum absolute atomic E-state index is 0.233. The third-order valence-corrected chi connectivity index (χ3v) is 5.70. The van der Waals surface area contributed by atoms with E-state index in [1.807, 2.05) is 29.6 Å². The Labute approximate surface area is 177 Å². The highest BCUT2D eigenvalue weighted by atomic mass is 35.5. The minimum Gasteiger partial charge on any atom is -0.465 e. The van der Waals surface area contributed by atoms with Crippen molar-refractivity contribution in [3.63, 3.8) is 0 Å². The van der Waals surface area contributed by atoms with Crippen molar-refractivity contribution < 1.29 is 14.3 Å². The Hall–Kier alpha value is -2.34. The molecule has 3 aromatic rings. The average Bonchev–Trinajstić information content (AvgIpc) is 3.10. The smallest absolute Gasteiger partial charge is 0.341 e. The van der Waals surface area contributed by atoms with Gasteiger partial charge in [0.25, 0.3) is 5.91 Å². The molecule has 144 valence electrons. The van der Waals surface area contributed by atoms with Crippen LogP contribution >= 0.6 is 34.5 Å². The Morgan fingerprint density at radius 3 is 2.43 bits per heavy atom. The summed E-state index contributed by atoms with van der Waals surface area (Å²) in [7, 11) is 1.31. The van der Waals surface area contributed by atoms with Gasteiger partial charge < -0.3 is 10.1 Å². The highest BCUT2D eigenvalue weighted by Gasteiger charge is 2.23. The van der Waals surface area contributed by atoms with Crippen LogP contribution in [-0.2, 0) is 11.2 Å². The first-order valence-electron chi connectivity index (χ1n) is 8.50. The summed E-state index contributed by atoms with van der Waals surface area (Å²) in [6.45, 7) is 2.08. The minimum atomic E-state index is -0.520. The predicted octanol–water partition coefficient (Wildman–Crippen LogP) is 6.32. The molecule has 7 heteroatoms. The van der Waals surface area contributed by atoms with Gasteiger partial charge in [0.1, 0.15) is 10.6 Å². The number of hydrogen-bond acceptors (Lipinski definition) is 4. The molecule has 28 heavy (non-hydrogen) atoms. The van der Waals surface area contributed by atoms with Crippen LogP contribution in [0, 0.1) is 0 Å². The van der Waals surface area contributed by atoms with E-state index in [1.165, 1.54) is 36.1 Å². The Bertz CT molecular complexity index is 1030. The SMILES string of the molecule is CCc1ccc(-c2csc(NC(=O)c3ccc(Cl)cc3Cl)c2C(=O)OC)cc1. The molecule has 0 atom stereocenters. The van der Waals surface area contributed by atoms with E-state index < -0.39 is 11.9 Å². The van der Waals surface area contributed by atoms with Crippen LogP contribution in [0.15, 0.2) is 47.8 Å². The van der Waals surface area contributed by atoms with Crippen molar-refractivity contribution in [3.8, 4) is 11.1 Å². The summed E-state index contributed by atoms with van der Waals surface area (Å²) >= 11 is 13.3. The molecule has 0 aliphatic heterocycles. The molecule has 3 rings (SSSR count). The number of nitrogens with one attached hydrogen (secondary N) is 1. The highest BCUT2D eigenvalue weighted by molar-refractivity contribution is 7.15. The van der Waals surface area contributed by atoms with Crippen LogP contribution in [0.4, 0.5) is 5.00 Å². The summed E-state index contributed by atoms with van der Waals surface area (Å²) in [6, 6.07) is 12.5. The summed E-state index contributed by atoms with van der Waals surface area (Å²) in [5.74, 6) is -0.949. The Balaban J connectivity index is 1.98. The lowest BCUT2D eigenvalue weighted by atomic mass is 10.0. The second-order valence-electron chi connectivity index (χ2n) is 5.97. The van der Waals surface area contributed by atoms with Crippen molar-refractivity contribution in [1.82, 2.24) is 0 Å². The Kier molecular flexibility index (Phi) is 6.39. The fourth-order valence-corrected chi connectivity index (χ4v) is 4.18. The molecule has 1 amide bonds. The van der Waals surface area contributed by atoms with Crippen LogP contribution in [0.25, 0.3) is 11.1 Å². The first kappa shape index (κ1) is 20.4. The summed E-state index contributed by atoms with van der Waals surface area (Å²) < 4.78 is 4.94. The second kappa shape index (κ2) is 8.78. The highest BCUT2D eigenvalue weighted by Crippen LogP contribution is 2.37.